The second-order valence-electron chi connectivity index (χ2n) is 6.27. The van der Waals surface area contributed by atoms with Gasteiger partial charge in [-0.15, -0.1) is 11.3 Å². The highest BCUT2D eigenvalue weighted by Gasteiger charge is 2.35. The van der Waals surface area contributed by atoms with Crippen LogP contribution in [0.5, 0.6) is 0 Å². The summed E-state index contributed by atoms with van der Waals surface area (Å²) in [6.07, 6.45) is 7.14. The van der Waals surface area contributed by atoms with E-state index in [-0.39, 0.29) is 5.91 Å². The van der Waals surface area contributed by atoms with Crippen LogP contribution in [-0.2, 0) is 7.05 Å². The fraction of sp³-hybridized carbons (Fsp3) is 0.412. The number of carbonyl (C=O) groups excluding carboxylic acids is 1. The molecular weight excluding hydrogens is 294 g/mol. The van der Waals surface area contributed by atoms with Crippen LogP contribution in [0, 0.1) is 17.8 Å². The quantitative estimate of drug-likeness (QED) is 0.882. The fourth-order valence-electron chi connectivity index (χ4n) is 3.67. The zero-order chi connectivity index (χ0) is 15.1. The van der Waals surface area contributed by atoms with Gasteiger partial charge in [0.15, 0.2) is 0 Å². The summed E-state index contributed by atoms with van der Waals surface area (Å²) in [5.41, 5.74) is 1.49. The zero-order valence-electron chi connectivity index (χ0n) is 12.5. The lowest BCUT2D eigenvalue weighted by Crippen LogP contribution is -2.32. The Labute approximate surface area is 133 Å². The third kappa shape index (κ3) is 2.39. The Morgan fingerprint density at radius 3 is 3.05 bits per heavy atom. The van der Waals surface area contributed by atoms with Crippen molar-refractivity contribution in [1.82, 2.24) is 15.1 Å². The van der Waals surface area contributed by atoms with Crippen LogP contribution in [0.15, 0.2) is 35.7 Å². The van der Waals surface area contributed by atoms with Gasteiger partial charge in [-0.05, 0) is 48.1 Å². The molecule has 2 heterocycles. The molecule has 22 heavy (non-hydrogen) atoms. The maximum atomic E-state index is 12.4. The fourth-order valence-corrected chi connectivity index (χ4v) is 4.35. The first-order chi connectivity index (χ1) is 10.7. The van der Waals surface area contributed by atoms with E-state index in [1.807, 2.05) is 30.6 Å². The Hall–Kier alpha value is -1.88. The van der Waals surface area contributed by atoms with Gasteiger partial charge in [0.2, 0.25) is 0 Å². The van der Waals surface area contributed by atoms with E-state index in [0.717, 1.165) is 23.0 Å². The van der Waals surface area contributed by atoms with Gasteiger partial charge in [0.25, 0.3) is 5.91 Å². The monoisotopic (exact) mass is 313 g/mol. The molecule has 2 aromatic heterocycles. The number of rotatable bonds is 4. The number of hydrogen-bond donors (Lipinski definition) is 1. The molecule has 0 aliphatic heterocycles. The summed E-state index contributed by atoms with van der Waals surface area (Å²) in [5.74, 6) is 1.99. The SMILES string of the molecule is Cn1nc(-c2cccs2)cc1C(=O)NC[C@@H]1C[C@@H]2C=C[C@H]1C2. The van der Waals surface area contributed by atoms with Crippen molar-refractivity contribution in [2.24, 2.45) is 24.8 Å². The van der Waals surface area contributed by atoms with E-state index in [9.17, 15) is 4.79 Å². The number of amides is 1. The van der Waals surface area contributed by atoms with E-state index < -0.39 is 0 Å². The molecule has 3 atom stereocenters. The molecule has 0 aromatic carbocycles. The minimum Gasteiger partial charge on any atom is -0.350 e. The Kier molecular flexibility index (Phi) is 3.37. The maximum absolute atomic E-state index is 12.4. The normalized spacial score (nSPS) is 25.8. The molecule has 4 nitrogen and oxygen atoms in total. The highest BCUT2D eigenvalue weighted by Crippen LogP contribution is 2.42. The van der Waals surface area contributed by atoms with Crippen LogP contribution >= 0.6 is 11.3 Å². The maximum Gasteiger partial charge on any atom is 0.269 e. The molecule has 2 aromatic rings. The smallest absolute Gasteiger partial charge is 0.269 e. The Balaban J connectivity index is 1.43. The van der Waals surface area contributed by atoms with Crippen molar-refractivity contribution in [3.05, 3.63) is 41.4 Å². The van der Waals surface area contributed by atoms with E-state index in [4.69, 9.17) is 0 Å². The molecule has 0 saturated heterocycles. The first-order valence-electron chi connectivity index (χ1n) is 7.75. The van der Waals surface area contributed by atoms with Gasteiger partial charge < -0.3 is 5.32 Å². The average Bonchev–Trinajstić information content (AvgIpc) is 3.27. The molecule has 0 radical (unpaired) electrons. The third-order valence-electron chi connectivity index (χ3n) is 4.83. The van der Waals surface area contributed by atoms with Crippen molar-refractivity contribution >= 4 is 17.2 Å². The number of nitrogens with zero attached hydrogens (tertiary/aromatic N) is 2. The molecule has 1 saturated carbocycles. The average molecular weight is 313 g/mol. The van der Waals surface area contributed by atoms with Gasteiger partial charge in [-0.25, -0.2) is 0 Å². The summed E-state index contributed by atoms with van der Waals surface area (Å²) in [4.78, 5) is 13.5. The van der Waals surface area contributed by atoms with E-state index in [0.29, 0.717) is 17.5 Å². The van der Waals surface area contributed by atoms with Crippen molar-refractivity contribution in [1.29, 1.82) is 0 Å². The van der Waals surface area contributed by atoms with Crippen LogP contribution in [0.3, 0.4) is 0 Å². The predicted molar refractivity (Wildman–Crippen MR) is 87.7 cm³/mol. The van der Waals surface area contributed by atoms with Crippen LogP contribution < -0.4 is 5.32 Å². The number of fused-ring (bicyclic) bond motifs is 2. The number of thiophene rings is 1. The molecule has 1 N–H and O–H groups in total. The van der Waals surface area contributed by atoms with Crippen LogP contribution in [-0.4, -0.2) is 22.2 Å². The zero-order valence-corrected chi connectivity index (χ0v) is 13.3. The molecule has 0 spiro atoms. The van der Waals surface area contributed by atoms with Crippen LogP contribution in [0.1, 0.15) is 23.3 Å². The van der Waals surface area contributed by atoms with Gasteiger partial charge in [-0.1, -0.05) is 18.2 Å². The molecule has 4 rings (SSSR count). The number of nitrogens with one attached hydrogen (secondary N) is 1. The van der Waals surface area contributed by atoms with Crippen LogP contribution in [0.2, 0.25) is 0 Å². The largest absolute Gasteiger partial charge is 0.350 e. The molecule has 0 unspecified atom stereocenters. The lowest BCUT2D eigenvalue weighted by atomic mass is 9.93. The van der Waals surface area contributed by atoms with Crippen molar-refractivity contribution in [2.45, 2.75) is 12.8 Å². The minimum absolute atomic E-state index is 0.0236. The topological polar surface area (TPSA) is 46.9 Å². The Bertz CT molecular complexity index is 716. The van der Waals surface area contributed by atoms with Crippen LogP contribution in [0.25, 0.3) is 10.6 Å². The van der Waals surface area contributed by atoms with E-state index in [1.165, 1.54) is 12.8 Å². The molecule has 2 aliphatic rings. The lowest BCUT2D eigenvalue weighted by Gasteiger charge is -2.18. The van der Waals surface area contributed by atoms with E-state index >= 15 is 0 Å². The molecule has 5 heteroatoms. The summed E-state index contributed by atoms with van der Waals surface area (Å²) in [5, 5.41) is 9.56. The van der Waals surface area contributed by atoms with Crippen molar-refractivity contribution in [3.63, 3.8) is 0 Å². The molecule has 2 bridgehead atoms. The van der Waals surface area contributed by atoms with E-state index in [2.05, 4.69) is 22.6 Å². The minimum atomic E-state index is -0.0236. The number of aromatic nitrogens is 2. The predicted octanol–water partition coefficient (Wildman–Crippen LogP) is 3.09. The molecule has 1 amide bonds. The standard InChI is InChI=1S/C17H19N3OS/c1-20-15(9-14(19-20)16-3-2-6-22-16)17(21)18-10-13-8-11-4-5-12(13)7-11/h2-6,9,11-13H,7-8,10H2,1H3,(H,18,21)/t11-,12+,13+/m1/s1. The number of allylic oxidation sites excluding steroid dienone is 2. The summed E-state index contributed by atoms with van der Waals surface area (Å²) in [7, 11) is 1.83. The van der Waals surface area contributed by atoms with Gasteiger partial charge in [0.05, 0.1) is 4.88 Å². The number of hydrogen-bond acceptors (Lipinski definition) is 3. The van der Waals surface area contributed by atoms with Crippen molar-refractivity contribution in [3.8, 4) is 10.6 Å². The molecule has 114 valence electrons. The summed E-state index contributed by atoms with van der Waals surface area (Å²) >= 11 is 1.64. The first kappa shape index (κ1) is 13.8. The number of aryl methyl sites for hydroxylation is 1. The van der Waals surface area contributed by atoms with Gasteiger partial charge in [0, 0.05) is 13.6 Å². The van der Waals surface area contributed by atoms with Crippen molar-refractivity contribution < 1.29 is 4.79 Å². The van der Waals surface area contributed by atoms with Crippen LogP contribution in [0.4, 0.5) is 0 Å². The highest BCUT2D eigenvalue weighted by atomic mass is 32.1. The first-order valence-corrected chi connectivity index (χ1v) is 8.63. The van der Waals surface area contributed by atoms with E-state index in [1.54, 1.807) is 16.0 Å². The van der Waals surface area contributed by atoms with Gasteiger partial charge in [-0.3, -0.25) is 9.48 Å². The molecule has 2 aliphatic carbocycles. The Morgan fingerprint density at radius 1 is 1.45 bits per heavy atom. The summed E-state index contributed by atoms with van der Waals surface area (Å²) in [6.45, 7) is 0.768. The summed E-state index contributed by atoms with van der Waals surface area (Å²) < 4.78 is 1.67. The number of carbonyl (C=O) groups is 1. The molecular formula is C17H19N3OS. The Morgan fingerprint density at radius 2 is 2.36 bits per heavy atom. The van der Waals surface area contributed by atoms with Gasteiger partial charge in [0.1, 0.15) is 11.4 Å². The highest BCUT2D eigenvalue weighted by molar-refractivity contribution is 7.13. The second-order valence-corrected chi connectivity index (χ2v) is 7.21. The lowest BCUT2D eigenvalue weighted by molar-refractivity contribution is 0.0935. The second kappa shape index (κ2) is 5.39. The third-order valence-corrected chi connectivity index (χ3v) is 5.72. The van der Waals surface area contributed by atoms with Gasteiger partial charge >= 0.3 is 0 Å². The van der Waals surface area contributed by atoms with Gasteiger partial charge in [-0.2, -0.15) is 5.10 Å². The van der Waals surface area contributed by atoms with Crippen molar-refractivity contribution in [2.75, 3.05) is 6.54 Å². The summed E-state index contributed by atoms with van der Waals surface area (Å²) in [6, 6.07) is 5.90. The molecule has 1 fully saturated rings.